The highest BCUT2D eigenvalue weighted by Gasteiger charge is 1.91. The number of nitrogens with one attached hydrogen (secondary N) is 2. The van der Waals surface area contributed by atoms with Gasteiger partial charge in [-0.2, -0.15) is 0 Å². The van der Waals surface area contributed by atoms with Crippen molar-refractivity contribution in [1.82, 2.24) is 10.9 Å². The number of hydrogen-bond acceptors (Lipinski definition) is 2. The minimum Gasteiger partial charge on any atom is -0.309 e. The molecule has 0 saturated heterocycles. The molecule has 0 saturated carbocycles. The van der Waals surface area contributed by atoms with Crippen molar-refractivity contribution >= 4 is 0 Å². The van der Waals surface area contributed by atoms with E-state index < -0.39 is 0 Å². The first-order valence-corrected chi connectivity index (χ1v) is 3.30. The summed E-state index contributed by atoms with van der Waals surface area (Å²) in [6.45, 7) is 2.18. The van der Waals surface area contributed by atoms with Crippen molar-refractivity contribution in [2.45, 2.75) is 19.8 Å². The van der Waals surface area contributed by atoms with Gasteiger partial charge in [-0.15, -0.1) is 0 Å². The fourth-order valence-electron chi connectivity index (χ4n) is 0.823. The van der Waals surface area contributed by atoms with E-state index in [1.807, 2.05) is 12.4 Å². The lowest BCUT2D eigenvalue weighted by atomic mass is 10.1. The van der Waals surface area contributed by atoms with E-state index in [2.05, 4.69) is 23.9 Å². The maximum atomic E-state index is 2.92. The molecular formula is C7H12N2. The largest absolute Gasteiger partial charge is 0.309 e. The summed E-state index contributed by atoms with van der Waals surface area (Å²) < 4.78 is 0. The maximum Gasteiger partial charge on any atom is 0.0210 e. The van der Waals surface area contributed by atoms with Crippen molar-refractivity contribution in [2.75, 3.05) is 0 Å². The van der Waals surface area contributed by atoms with Gasteiger partial charge in [-0.05, 0) is 18.1 Å². The molecule has 1 aliphatic heterocycles. The molecule has 0 atom stereocenters. The molecular weight excluding hydrogens is 112 g/mol. The second-order valence-corrected chi connectivity index (χ2v) is 2.09. The number of hydrazine groups is 1. The second-order valence-electron chi connectivity index (χ2n) is 2.09. The Balaban J connectivity index is 2.38. The summed E-state index contributed by atoms with van der Waals surface area (Å²) in [5.74, 6) is 0. The van der Waals surface area contributed by atoms with Crippen LogP contribution < -0.4 is 10.9 Å². The SMILES string of the molecule is CCCC1=CNNC=C1. The quantitative estimate of drug-likeness (QED) is 0.579. The van der Waals surface area contributed by atoms with Crippen molar-refractivity contribution in [1.29, 1.82) is 0 Å². The van der Waals surface area contributed by atoms with Crippen LogP contribution in [0.2, 0.25) is 0 Å². The molecule has 0 amide bonds. The topological polar surface area (TPSA) is 24.1 Å². The standard InChI is InChI=1S/C7H12N2/c1-2-3-7-4-5-8-9-6-7/h4-6,8-9H,2-3H2,1H3. The number of hydrogen-bond donors (Lipinski definition) is 2. The molecule has 2 nitrogen and oxygen atoms in total. The molecule has 2 N–H and O–H groups in total. The first-order chi connectivity index (χ1) is 4.43. The lowest BCUT2D eigenvalue weighted by Gasteiger charge is -2.07. The third kappa shape index (κ3) is 1.80. The predicted octanol–water partition coefficient (Wildman–Crippen LogP) is 1.29. The van der Waals surface area contributed by atoms with Crippen LogP contribution in [0.1, 0.15) is 19.8 Å². The normalized spacial score (nSPS) is 15.9. The molecule has 1 aliphatic rings. The summed E-state index contributed by atoms with van der Waals surface area (Å²) in [5.41, 5.74) is 7.14. The van der Waals surface area contributed by atoms with Crippen LogP contribution in [-0.2, 0) is 0 Å². The van der Waals surface area contributed by atoms with Gasteiger partial charge in [0.25, 0.3) is 0 Å². The molecule has 1 rings (SSSR count). The molecule has 9 heavy (non-hydrogen) atoms. The molecule has 0 aromatic rings. The van der Waals surface area contributed by atoms with E-state index in [4.69, 9.17) is 0 Å². The molecule has 0 aromatic carbocycles. The fourth-order valence-corrected chi connectivity index (χ4v) is 0.823. The Hall–Kier alpha value is -0.920. The van der Waals surface area contributed by atoms with Gasteiger partial charge in [-0.3, -0.25) is 0 Å². The molecule has 2 heteroatoms. The summed E-state index contributed by atoms with van der Waals surface area (Å²) in [7, 11) is 0. The van der Waals surface area contributed by atoms with Crippen molar-refractivity contribution in [2.24, 2.45) is 0 Å². The van der Waals surface area contributed by atoms with Crippen LogP contribution in [0.5, 0.6) is 0 Å². The molecule has 1 heterocycles. The Morgan fingerprint density at radius 1 is 1.44 bits per heavy atom. The van der Waals surface area contributed by atoms with Crippen LogP contribution >= 0.6 is 0 Å². The van der Waals surface area contributed by atoms with Gasteiger partial charge in [-0.25, -0.2) is 0 Å². The fraction of sp³-hybridized carbons (Fsp3) is 0.429. The summed E-state index contributed by atoms with van der Waals surface area (Å²) in [4.78, 5) is 0. The average Bonchev–Trinajstić information content (AvgIpc) is 1.91. The highest BCUT2D eigenvalue weighted by Crippen LogP contribution is 2.05. The summed E-state index contributed by atoms with van der Waals surface area (Å²) in [5, 5.41) is 0. The van der Waals surface area contributed by atoms with Gasteiger partial charge in [0.1, 0.15) is 0 Å². The van der Waals surface area contributed by atoms with Gasteiger partial charge >= 0.3 is 0 Å². The van der Waals surface area contributed by atoms with Crippen molar-refractivity contribution in [3.05, 3.63) is 24.0 Å². The van der Waals surface area contributed by atoms with E-state index in [1.165, 1.54) is 12.0 Å². The molecule has 0 aromatic heterocycles. The van der Waals surface area contributed by atoms with Crippen molar-refractivity contribution < 1.29 is 0 Å². The minimum absolute atomic E-state index is 1.16. The lowest BCUT2D eigenvalue weighted by Crippen LogP contribution is -2.23. The van der Waals surface area contributed by atoms with Gasteiger partial charge in [0.2, 0.25) is 0 Å². The highest BCUT2D eigenvalue weighted by molar-refractivity contribution is 5.19. The Kier molecular flexibility index (Phi) is 2.19. The first-order valence-electron chi connectivity index (χ1n) is 3.30. The van der Waals surface area contributed by atoms with Gasteiger partial charge in [-0.1, -0.05) is 13.3 Å². The highest BCUT2D eigenvalue weighted by atomic mass is 15.3. The lowest BCUT2D eigenvalue weighted by molar-refractivity contribution is 0.744. The van der Waals surface area contributed by atoms with Crippen molar-refractivity contribution in [3.63, 3.8) is 0 Å². The smallest absolute Gasteiger partial charge is 0.0210 e. The van der Waals surface area contributed by atoms with Crippen LogP contribution in [0.15, 0.2) is 24.0 Å². The predicted molar refractivity (Wildman–Crippen MR) is 38.4 cm³/mol. The maximum absolute atomic E-state index is 2.92. The number of rotatable bonds is 2. The second kappa shape index (κ2) is 3.17. The first kappa shape index (κ1) is 6.20. The molecule has 0 spiro atoms. The number of allylic oxidation sites excluding steroid dienone is 2. The van der Waals surface area contributed by atoms with E-state index in [0.717, 1.165) is 6.42 Å². The van der Waals surface area contributed by atoms with Gasteiger partial charge in [0.15, 0.2) is 0 Å². The van der Waals surface area contributed by atoms with Crippen LogP contribution in [0.25, 0.3) is 0 Å². The monoisotopic (exact) mass is 124 g/mol. The van der Waals surface area contributed by atoms with Crippen LogP contribution in [0.3, 0.4) is 0 Å². The summed E-state index contributed by atoms with van der Waals surface area (Å²) in [6.07, 6.45) is 8.34. The average molecular weight is 124 g/mol. The third-order valence-electron chi connectivity index (χ3n) is 1.26. The van der Waals surface area contributed by atoms with Crippen LogP contribution in [0.4, 0.5) is 0 Å². The molecule has 0 unspecified atom stereocenters. The van der Waals surface area contributed by atoms with Gasteiger partial charge in [0.05, 0.1) is 0 Å². The summed E-state index contributed by atoms with van der Waals surface area (Å²) >= 11 is 0. The van der Waals surface area contributed by atoms with Crippen LogP contribution in [0, 0.1) is 0 Å². The Bertz CT molecular complexity index is 136. The van der Waals surface area contributed by atoms with Gasteiger partial charge < -0.3 is 10.9 Å². The zero-order valence-corrected chi connectivity index (χ0v) is 5.65. The molecule has 0 aliphatic carbocycles. The minimum atomic E-state index is 1.16. The van der Waals surface area contributed by atoms with E-state index in [0.29, 0.717) is 0 Å². The molecule has 0 bridgehead atoms. The van der Waals surface area contributed by atoms with Crippen LogP contribution in [-0.4, -0.2) is 0 Å². The van der Waals surface area contributed by atoms with E-state index >= 15 is 0 Å². The van der Waals surface area contributed by atoms with Crippen molar-refractivity contribution in [3.8, 4) is 0 Å². The zero-order valence-electron chi connectivity index (χ0n) is 5.65. The van der Waals surface area contributed by atoms with Gasteiger partial charge in [0, 0.05) is 12.4 Å². The van der Waals surface area contributed by atoms with E-state index in [1.54, 1.807) is 0 Å². The molecule has 50 valence electrons. The van der Waals surface area contributed by atoms with E-state index in [-0.39, 0.29) is 0 Å². The third-order valence-corrected chi connectivity index (χ3v) is 1.26. The van der Waals surface area contributed by atoms with E-state index in [9.17, 15) is 0 Å². The summed E-state index contributed by atoms with van der Waals surface area (Å²) in [6, 6.07) is 0. The molecule has 0 fully saturated rings. The Labute approximate surface area is 55.6 Å². The molecule has 0 radical (unpaired) electrons. The Morgan fingerprint density at radius 2 is 2.33 bits per heavy atom. The Morgan fingerprint density at radius 3 is 2.89 bits per heavy atom. The zero-order chi connectivity index (χ0) is 6.53.